The van der Waals surface area contributed by atoms with E-state index in [0.29, 0.717) is 0 Å². The molecule has 0 nitrogen and oxygen atoms in total. The Morgan fingerprint density at radius 1 is 1.42 bits per heavy atom. The van der Waals surface area contributed by atoms with E-state index in [4.69, 9.17) is 11.6 Å². The lowest BCUT2D eigenvalue weighted by Gasteiger charge is -2.04. The molecule has 1 rings (SSSR count). The highest BCUT2D eigenvalue weighted by Gasteiger charge is 2.29. The molecule has 0 amide bonds. The highest BCUT2D eigenvalue weighted by molar-refractivity contribution is 8.00. The summed E-state index contributed by atoms with van der Waals surface area (Å²) in [5.74, 6) is 0. The topological polar surface area (TPSA) is 0 Å². The summed E-state index contributed by atoms with van der Waals surface area (Å²) in [6, 6.07) is 6.43. The minimum Gasteiger partial charge on any atom is -0.160 e. The van der Waals surface area contributed by atoms with Crippen molar-refractivity contribution in [1.82, 2.24) is 0 Å². The summed E-state index contributed by atoms with van der Waals surface area (Å²) in [6.45, 7) is 0. The summed E-state index contributed by atoms with van der Waals surface area (Å²) in [6.07, 6.45) is 0. The maximum Gasteiger partial charge on any atom is 0.446 e. The average molecular weight is 212 g/mol. The van der Waals surface area contributed by atoms with Gasteiger partial charge in [-0.15, -0.1) is 0 Å². The lowest BCUT2D eigenvalue weighted by molar-refractivity contribution is -0.0328. The minimum absolute atomic E-state index is 0.0752. The Hall–Kier alpha value is -0.350. The van der Waals surface area contributed by atoms with Crippen molar-refractivity contribution in [3.8, 4) is 0 Å². The summed E-state index contributed by atoms with van der Waals surface area (Å²) in [5, 5.41) is 0.184. The van der Waals surface area contributed by atoms with E-state index in [9.17, 15) is 13.2 Å². The van der Waals surface area contributed by atoms with E-state index in [0.717, 1.165) is 0 Å². The zero-order valence-electron chi connectivity index (χ0n) is 5.65. The Balaban J connectivity index is 2.77. The Kier molecular flexibility index (Phi) is 2.90. The van der Waals surface area contributed by atoms with E-state index in [1.807, 2.05) is 0 Å². The first-order chi connectivity index (χ1) is 5.47. The number of hydrogen-bond donors (Lipinski definition) is 0. The Labute approximate surface area is 76.7 Å². The van der Waals surface area contributed by atoms with Gasteiger partial charge in [-0.1, -0.05) is 17.7 Å². The molecule has 1 radical (unpaired) electrons. The second-order valence-electron chi connectivity index (χ2n) is 1.92. The third-order valence-electron chi connectivity index (χ3n) is 0.971. The largest absolute Gasteiger partial charge is 0.446 e. The van der Waals surface area contributed by atoms with Crippen molar-refractivity contribution in [2.75, 3.05) is 0 Å². The molecule has 0 saturated heterocycles. The Bertz CT molecular complexity index is 272. The minimum atomic E-state index is -4.26. The van der Waals surface area contributed by atoms with Gasteiger partial charge in [0, 0.05) is 16.0 Å². The number of thioether (sulfide) groups is 1. The number of hydrogen-bond acceptors (Lipinski definition) is 1. The molecule has 0 fully saturated rings. The van der Waals surface area contributed by atoms with Crippen LogP contribution in [0.4, 0.5) is 13.2 Å². The maximum absolute atomic E-state index is 11.8. The van der Waals surface area contributed by atoms with Gasteiger partial charge in [-0.3, -0.25) is 0 Å². The molecule has 5 heteroatoms. The Morgan fingerprint density at radius 2 is 2.08 bits per heavy atom. The van der Waals surface area contributed by atoms with Crippen LogP contribution in [0.5, 0.6) is 0 Å². The molecule has 0 spiro atoms. The van der Waals surface area contributed by atoms with Gasteiger partial charge in [0.05, 0.1) is 0 Å². The molecule has 0 unspecified atom stereocenters. The van der Waals surface area contributed by atoms with Gasteiger partial charge in [0.2, 0.25) is 0 Å². The van der Waals surface area contributed by atoms with Crippen LogP contribution in [-0.2, 0) is 0 Å². The van der Waals surface area contributed by atoms with Gasteiger partial charge < -0.3 is 0 Å². The number of rotatable bonds is 1. The summed E-state index contributed by atoms with van der Waals surface area (Å²) in [5.41, 5.74) is -4.26. The quantitative estimate of drug-likeness (QED) is 0.638. The zero-order chi connectivity index (χ0) is 9.19. The molecule has 1 aromatic rings. The summed E-state index contributed by atoms with van der Waals surface area (Å²) in [7, 11) is 0. The molecular weight excluding hydrogens is 209 g/mol. The van der Waals surface area contributed by atoms with Crippen LogP contribution in [0.2, 0.25) is 5.02 Å². The van der Waals surface area contributed by atoms with E-state index >= 15 is 0 Å². The van der Waals surface area contributed by atoms with E-state index in [2.05, 4.69) is 6.07 Å². The molecule has 0 aliphatic heterocycles. The predicted octanol–water partition coefficient (Wildman–Crippen LogP) is 3.75. The van der Waals surface area contributed by atoms with Crippen LogP contribution in [-0.4, -0.2) is 5.51 Å². The van der Waals surface area contributed by atoms with Crippen molar-refractivity contribution < 1.29 is 13.2 Å². The standard InChI is InChI=1S/C7H3ClF3S/c8-5-2-1-3-6(4-5)12-7(9,10)11/h1,3-4H. The van der Waals surface area contributed by atoms with Gasteiger partial charge in [-0.25, -0.2) is 0 Å². The molecule has 0 N–H and O–H groups in total. The Morgan fingerprint density at radius 3 is 2.58 bits per heavy atom. The number of halogens is 4. The van der Waals surface area contributed by atoms with E-state index in [1.165, 1.54) is 18.2 Å². The zero-order valence-corrected chi connectivity index (χ0v) is 7.22. The molecule has 12 heavy (non-hydrogen) atoms. The lowest BCUT2D eigenvalue weighted by atomic mass is 10.4. The molecule has 1 aromatic carbocycles. The third-order valence-corrected chi connectivity index (χ3v) is 1.91. The van der Waals surface area contributed by atoms with Gasteiger partial charge in [0.1, 0.15) is 0 Å². The van der Waals surface area contributed by atoms with Crippen LogP contribution >= 0.6 is 23.4 Å². The molecule has 0 bridgehead atoms. The molecular formula is C7H3ClF3S. The van der Waals surface area contributed by atoms with Crippen LogP contribution in [0.15, 0.2) is 23.1 Å². The fourth-order valence-electron chi connectivity index (χ4n) is 0.615. The first-order valence-electron chi connectivity index (χ1n) is 2.90. The summed E-state index contributed by atoms with van der Waals surface area (Å²) in [4.78, 5) is 0.0752. The molecule has 0 saturated carbocycles. The summed E-state index contributed by atoms with van der Waals surface area (Å²) >= 11 is 5.25. The van der Waals surface area contributed by atoms with E-state index < -0.39 is 5.51 Å². The van der Waals surface area contributed by atoms with E-state index in [1.54, 1.807) is 0 Å². The highest BCUT2D eigenvalue weighted by Crippen LogP contribution is 2.37. The van der Waals surface area contributed by atoms with Gasteiger partial charge >= 0.3 is 5.51 Å². The van der Waals surface area contributed by atoms with Crippen molar-refractivity contribution in [3.05, 3.63) is 29.3 Å². The molecule has 0 aliphatic carbocycles. The lowest BCUT2D eigenvalue weighted by Crippen LogP contribution is -1.98. The average Bonchev–Trinajstić information content (AvgIpc) is 1.82. The number of alkyl halides is 3. The molecule has 0 atom stereocenters. The second kappa shape index (κ2) is 3.58. The van der Waals surface area contributed by atoms with Gasteiger partial charge in [-0.05, 0) is 23.9 Å². The van der Waals surface area contributed by atoms with Gasteiger partial charge in [0.25, 0.3) is 0 Å². The first-order valence-corrected chi connectivity index (χ1v) is 4.10. The van der Waals surface area contributed by atoms with Crippen molar-refractivity contribution in [3.63, 3.8) is 0 Å². The van der Waals surface area contributed by atoms with Crippen molar-refractivity contribution in [2.45, 2.75) is 10.4 Å². The SMILES string of the molecule is FC(F)(F)Sc1cc[c]c(Cl)c1. The fourth-order valence-corrected chi connectivity index (χ4v) is 1.44. The van der Waals surface area contributed by atoms with Gasteiger partial charge in [-0.2, -0.15) is 13.2 Å². The van der Waals surface area contributed by atoms with Crippen molar-refractivity contribution >= 4 is 23.4 Å². The first kappa shape index (κ1) is 9.74. The predicted molar refractivity (Wildman–Crippen MR) is 42.2 cm³/mol. The summed E-state index contributed by atoms with van der Waals surface area (Å²) < 4.78 is 35.3. The number of benzene rings is 1. The smallest absolute Gasteiger partial charge is 0.160 e. The molecule has 0 heterocycles. The van der Waals surface area contributed by atoms with Crippen molar-refractivity contribution in [2.24, 2.45) is 0 Å². The molecule has 0 aromatic heterocycles. The highest BCUT2D eigenvalue weighted by atomic mass is 35.5. The maximum atomic E-state index is 11.8. The molecule has 0 aliphatic rings. The van der Waals surface area contributed by atoms with Crippen LogP contribution in [0.25, 0.3) is 0 Å². The second-order valence-corrected chi connectivity index (χ2v) is 3.47. The van der Waals surface area contributed by atoms with E-state index in [-0.39, 0.29) is 21.7 Å². The monoisotopic (exact) mass is 211 g/mol. The van der Waals surface area contributed by atoms with Gasteiger partial charge in [0.15, 0.2) is 0 Å². The van der Waals surface area contributed by atoms with Crippen LogP contribution < -0.4 is 0 Å². The van der Waals surface area contributed by atoms with Crippen LogP contribution in [0, 0.1) is 6.07 Å². The van der Waals surface area contributed by atoms with Crippen LogP contribution in [0.3, 0.4) is 0 Å². The van der Waals surface area contributed by atoms with Crippen LogP contribution in [0.1, 0.15) is 0 Å². The molecule has 65 valence electrons. The third kappa shape index (κ3) is 3.36. The van der Waals surface area contributed by atoms with Crippen molar-refractivity contribution in [1.29, 1.82) is 0 Å². The fraction of sp³-hybridized carbons (Fsp3) is 0.143. The normalized spacial score (nSPS) is 11.7.